The summed E-state index contributed by atoms with van der Waals surface area (Å²) >= 11 is 0. The molecule has 1 aromatic rings. The van der Waals surface area contributed by atoms with Gasteiger partial charge in [0.1, 0.15) is 12.9 Å². The minimum Gasteiger partial charge on any atom is -0.430 e. The lowest BCUT2D eigenvalue weighted by molar-refractivity contribution is -0.382. The third-order valence-corrected chi connectivity index (χ3v) is 1.80. The Hall–Kier alpha value is -1.88. The van der Waals surface area contributed by atoms with E-state index in [0.717, 1.165) is 6.29 Å². The van der Waals surface area contributed by atoms with Crippen molar-refractivity contribution in [2.45, 2.75) is 0 Å². The van der Waals surface area contributed by atoms with Crippen molar-refractivity contribution in [2.24, 2.45) is 0 Å². The molecule has 0 fully saturated rings. The molecule has 0 saturated carbocycles. The molecule has 0 atom stereocenters. The maximum Gasteiger partial charge on any atom is 0.551 e. The van der Waals surface area contributed by atoms with Crippen molar-refractivity contribution in [3.05, 3.63) is 29.8 Å². The Bertz CT molecular complexity index is 376. The summed E-state index contributed by atoms with van der Waals surface area (Å²) in [6.45, 7) is 0.642. The van der Waals surface area contributed by atoms with Crippen LogP contribution >= 0.6 is 0 Å². The van der Waals surface area contributed by atoms with E-state index >= 15 is 0 Å². The molecule has 1 aromatic carbocycles. The molecule has 0 aliphatic carbocycles. The number of nitrogens with one attached hydrogen (secondary N) is 1. The number of aliphatic hydroxyl groups excluding tert-OH is 1. The van der Waals surface area contributed by atoms with E-state index in [2.05, 4.69) is 4.99 Å². The lowest BCUT2D eigenvalue weighted by Gasteiger charge is -1.97. The number of aliphatic hydroxyl groups is 1. The molecule has 0 heterocycles. The summed E-state index contributed by atoms with van der Waals surface area (Å²) < 4.78 is 9.66. The Kier molecular flexibility index (Phi) is 5.01. The van der Waals surface area contributed by atoms with Gasteiger partial charge in [0.05, 0.1) is 6.61 Å². The number of aldehydes is 1. The monoisotopic (exact) mass is 224 g/mol. The van der Waals surface area contributed by atoms with Gasteiger partial charge in [0.25, 0.3) is 0 Å². The molecular formula is C11H14NO4+. The van der Waals surface area contributed by atoms with Crippen LogP contribution in [0.4, 0.5) is 5.69 Å². The second kappa shape index (κ2) is 6.58. The summed E-state index contributed by atoms with van der Waals surface area (Å²) in [5.74, 6) is 0. The summed E-state index contributed by atoms with van der Waals surface area (Å²) in [5.41, 5.74) is 1.11. The van der Waals surface area contributed by atoms with Crippen LogP contribution in [0.25, 0.3) is 0 Å². The van der Waals surface area contributed by atoms with Gasteiger partial charge >= 0.3 is 6.08 Å². The predicted octanol–water partition coefficient (Wildman–Crippen LogP) is -0.212. The van der Waals surface area contributed by atoms with Crippen molar-refractivity contribution in [2.75, 3.05) is 20.3 Å². The molecule has 5 heteroatoms. The highest BCUT2D eigenvalue weighted by Gasteiger charge is 2.05. The Morgan fingerprint density at radius 3 is 3.00 bits per heavy atom. The molecule has 0 aliphatic rings. The van der Waals surface area contributed by atoms with E-state index in [0.29, 0.717) is 17.9 Å². The fraction of sp³-hybridized carbons (Fsp3) is 0.273. The first-order valence-corrected chi connectivity index (χ1v) is 4.76. The number of hydrogen-bond acceptors (Lipinski definition) is 3. The number of ether oxygens (including phenoxy) is 2. The first-order chi connectivity index (χ1) is 7.76. The highest BCUT2D eigenvalue weighted by molar-refractivity contribution is 5.76. The van der Waals surface area contributed by atoms with Crippen LogP contribution in [0.15, 0.2) is 24.3 Å². The van der Waals surface area contributed by atoms with Crippen molar-refractivity contribution in [1.29, 1.82) is 0 Å². The average Bonchev–Trinajstić information content (AvgIpc) is 2.29. The molecule has 1 rings (SSSR count). The Balaban J connectivity index is 2.62. The number of methoxy groups -OCH3 is 1. The van der Waals surface area contributed by atoms with Gasteiger partial charge < -0.3 is 14.6 Å². The number of rotatable bonds is 5. The van der Waals surface area contributed by atoms with Crippen LogP contribution in [-0.4, -0.2) is 37.8 Å². The highest BCUT2D eigenvalue weighted by Crippen LogP contribution is 2.01. The zero-order valence-electron chi connectivity index (χ0n) is 8.97. The average molecular weight is 224 g/mol. The van der Waals surface area contributed by atoms with Crippen LogP contribution in [0, 0.1) is 0 Å². The first kappa shape index (κ1) is 12.2. The van der Waals surface area contributed by atoms with Gasteiger partial charge in [-0.15, -0.1) is 4.99 Å². The maximum absolute atomic E-state index is 10.5. The van der Waals surface area contributed by atoms with E-state index in [-0.39, 0.29) is 12.7 Å². The van der Waals surface area contributed by atoms with E-state index in [1.54, 1.807) is 31.4 Å². The second-order valence-corrected chi connectivity index (χ2v) is 3.01. The molecule has 5 nitrogen and oxygen atoms in total. The van der Waals surface area contributed by atoms with Gasteiger partial charge in [0.2, 0.25) is 5.69 Å². The zero-order valence-corrected chi connectivity index (χ0v) is 8.97. The van der Waals surface area contributed by atoms with Crippen LogP contribution in [0.1, 0.15) is 10.4 Å². The fourth-order valence-electron chi connectivity index (χ4n) is 1.07. The summed E-state index contributed by atoms with van der Waals surface area (Å²) in [6, 6.07) is 6.68. The van der Waals surface area contributed by atoms with Crippen molar-refractivity contribution in [1.82, 2.24) is 0 Å². The lowest BCUT2D eigenvalue weighted by Crippen LogP contribution is -2.67. The zero-order chi connectivity index (χ0) is 11.8. The van der Waals surface area contributed by atoms with E-state index in [1.165, 1.54) is 0 Å². The molecule has 2 N–H and O–H groups in total. The largest absolute Gasteiger partial charge is 0.551 e. The standard InChI is InChI=1S/C11H13NO4/c1-15-5-6-16-11(14)12-10-4-2-3-9(7-10)8-13/h2-4,7-8H,5-6H2,1H3,(H,12,14)/p+1. The van der Waals surface area contributed by atoms with Crippen LogP contribution in [0.5, 0.6) is 0 Å². The molecule has 0 spiro atoms. The molecule has 16 heavy (non-hydrogen) atoms. The summed E-state index contributed by atoms with van der Waals surface area (Å²) in [6.07, 6.45) is 0.411. The third-order valence-electron chi connectivity index (χ3n) is 1.80. The molecule has 0 saturated heterocycles. The first-order valence-electron chi connectivity index (χ1n) is 4.76. The van der Waals surface area contributed by atoms with Gasteiger partial charge in [0.15, 0.2) is 0 Å². The molecule has 0 bridgehead atoms. The molecule has 0 radical (unpaired) electrons. The van der Waals surface area contributed by atoms with Gasteiger partial charge in [-0.05, 0) is 0 Å². The van der Waals surface area contributed by atoms with Gasteiger partial charge in [-0.2, -0.15) is 0 Å². The van der Waals surface area contributed by atoms with Crippen LogP contribution in [0.2, 0.25) is 0 Å². The SMILES string of the molecule is COCCOC(O)=[NH+]c1cccc(C=O)c1. The smallest absolute Gasteiger partial charge is 0.430 e. The van der Waals surface area contributed by atoms with Gasteiger partial charge in [0, 0.05) is 24.8 Å². The highest BCUT2D eigenvalue weighted by atomic mass is 16.6. The van der Waals surface area contributed by atoms with Gasteiger partial charge in [-0.3, -0.25) is 4.79 Å². The summed E-state index contributed by atoms with van der Waals surface area (Å²) in [5, 5.41) is 9.33. The normalized spacial score (nSPS) is 11.2. The number of hydrogen-bond donors (Lipinski definition) is 2. The Morgan fingerprint density at radius 1 is 1.50 bits per heavy atom. The number of benzene rings is 1. The van der Waals surface area contributed by atoms with Crippen molar-refractivity contribution in [3.8, 4) is 0 Å². The van der Waals surface area contributed by atoms with Crippen molar-refractivity contribution < 1.29 is 24.4 Å². The molecule has 0 aromatic heterocycles. The van der Waals surface area contributed by atoms with Gasteiger partial charge in [-0.25, -0.2) is 0 Å². The van der Waals surface area contributed by atoms with Crippen molar-refractivity contribution in [3.63, 3.8) is 0 Å². The molecule has 86 valence electrons. The minimum absolute atomic E-state index is 0.253. The molecule has 0 aliphatic heterocycles. The lowest BCUT2D eigenvalue weighted by atomic mass is 10.2. The maximum atomic E-state index is 10.5. The van der Waals surface area contributed by atoms with E-state index < -0.39 is 0 Å². The predicted molar refractivity (Wildman–Crippen MR) is 57.9 cm³/mol. The number of carbonyl (C=O) groups excluding carboxylic acids is 1. The topological polar surface area (TPSA) is 69.7 Å². The minimum atomic E-state index is -0.319. The van der Waals surface area contributed by atoms with E-state index in [1.807, 2.05) is 0 Å². The quantitative estimate of drug-likeness (QED) is 0.314. The second-order valence-electron chi connectivity index (χ2n) is 3.01. The Labute approximate surface area is 93.3 Å². The summed E-state index contributed by atoms with van der Waals surface area (Å²) in [7, 11) is 1.54. The van der Waals surface area contributed by atoms with Crippen LogP contribution < -0.4 is 4.99 Å². The van der Waals surface area contributed by atoms with E-state index in [9.17, 15) is 9.90 Å². The van der Waals surface area contributed by atoms with Gasteiger partial charge in [-0.1, -0.05) is 12.1 Å². The Morgan fingerprint density at radius 2 is 2.31 bits per heavy atom. The van der Waals surface area contributed by atoms with Crippen LogP contribution in [-0.2, 0) is 9.47 Å². The van der Waals surface area contributed by atoms with E-state index in [4.69, 9.17) is 9.47 Å². The number of carbonyl (C=O) groups is 1. The summed E-state index contributed by atoms with van der Waals surface area (Å²) in [4.78, 5) is 13.1. The fourth-order valence-corrected chi connectivity index (χ4v) is 1.07. The molecule has 0 unspecified atom stereocenters. The van der Waals surface area contributed by atoms with Crippen LogP contribution in [0.3, 0.4) is 0 Å². The molecular weight excluding hydrogens is 210 g/mol. The molecule has 0 amide bonds. The van der Waals surface area contributed by atoms with Crippen molar-refractivity contribution >= 4 is 18.1 Å². The third kappa shape index (κ3) is 4.10.